The van der Waals surface area contributed by atoms with Crippen molar-refractivity contribution in [1.29, 1.82) is 0 Å². The lowest BCUT2D eigenvalue weighted by Crippen LogP contribution is -2.42. The summed E-state index contributed by atoms with van der Waals surface area (Å²) in [6.45, 7) is 7.66. The van der Waals surface area contributed by atoms with Crippen molar-refractivity contribution < 1.29 is 13.9 Å². The topological polar surface area (TPSA) is 79.1 Å². The lowest BCUT2D eigenvalue weighted by atomic mass is 9.87. The highest BCUT2D eigenvalue weighted by Crippen LogP contribution is 2.38. The quantitative estimate of drug-likeness (QED) is 0.302. The van der Waals surface area contributed by atoms with E-state index in [1.807, 2.05) is 0 Å². The minimum Gasteiger partial charge on any atom is -0.459 e. The van der Waals surface area contributed by atoms with Crippen LogP contribution in [0.3, 0.4) is 0 Å². The molecule has 2 aliphatic heterocycles. The molecule has 7 nitrogen and oxygen atoms in total. The lowest BCUT2D eigenvalue weighted by Gasteiger charge is -2.25. The summed E-state index contributed by atoms with van der Waals surface area (Å²) in [5, 5.41) is 6.17. The van der Waals surface area contributed by atoms with E-state index in [1.165, 1.54) is 6.26 Å². The van der Waals surface area contributed by atoms with E-state index < -0.39 is 0 Å². The van der Waals surface area contributed by atoms with Gasteiger partial charge in [-0.3, -0.25) is 9.79 Å². The van der Waals surface area contributed by atoms with E-state index >= 15 is 0 Å². The number of aliphatic imine (C=N–C) groups is 1. The normalized spacial score (nSPS) is 22.9. The van der Waals surface area contributed by atoms with Crippen molar-refractivity contribution in [3.05, 3.63) is 24.2 Å². The second-order valence-electron chi connectivity index (χ2n) is 6.44. The summed E-state index contributed by atoms with van der Waals surface area (Å²) in [5.41, 5.74) is 0.309. The molecule has 140 valence electrons. The van der Waals surface area contributed by atoms with E-state index in [0.29, 0.717) is 24.3 Å². The number of nitrogens with zero attached hydrogens (tertiary/aromatic N) is 2. The number of rotatable bonds is 5. The number of hydrogen-bond acceptors (Lipinski definition) is 4. The number of carbonyl (C=O) groups excluding carboxylic acids is 1. The summed E-state index contributed by atoms with van der Waals surface area (Å²) < 4.78 is 10.7. The summed E-state index contributed by atoms with van der Waals surface area (Å²) in [4.78, 5) is 18.8. The number of amides is 1. The largest absolute Gasteiger partial charge is 0.459 e. The van der Waals surface area contributed by atoms with Crippen LogP contribution in [-0.2, 0) is 4.74 Å². The summed E-state index contributed by atoms with van der Waals surface area (Å²) >= 11 is 0. The number of hydrogen-bond donors (Lipinski definition) is 2. The summed E-state index contributed by atoms with van der Waals surface area (Å²) in [6, 6.07) is 3.35. The van der Waals surface area contributed by atoms with Crippen molar-refractivity contribution in [2.45, 2.75) is 19.8 Å². The molecule has 8 heteroatoms. The monoisotopic (exact) mass is 462 g/mol. The zero-order valence-corrected chi connectivity index (χ0v) is 17.0. The van der Waals surface area contributed by atoms with E-state index in [2.05, 4.69) is 27.4 Å². The molecule has 1 unspecified atom stereocenters. The molecule has 3 rings (SSSR count). The SMILES string of the molecule is CCNC(=NCCNC(=O)c1ccco1)N1CCC2(CCOC2)C1.I. The first-order chi connectivity index (χ1) is 11.7. The molecule has 0 aliphatic carbocycles. The van der Waals surface area contributed by atoms with E-state index in [0.717, 1.165) is 51.6 Å². The first-order valence-electron chi connectivity index (χ1n) is 8.65. The Morgan fingerprint density at radius 1 is 1.40 bits per heavy atom. The van der Waals surface area contributed by atoms with Crippen molar-refractivity contribution in [2.24, 2.45) is 10.4 Å². The Morgan fingerprint density at radius 2 is 2.28 bits per heavy atom. The van der Waals surface area contributed by atoms with Crippen LogP contribution in [0.5, 0.6) is 0 Å². The molecule has 1 aromatic heterocycles. The third-order valence-electron chi connectivity index (χ3n) is 4.66. The Balaban J connectivity index is 0.00000225. The van der Waals surface area contributed by atoms with E-state index in [9.17, 15) is 4.79 Å². The van der Waals surface area contributed by atoms with Gasteiger partial charge in [0.1, 0.15) is 0 Å². The van der Waals surface area contributed by atoms with E-state index in [-0.39, 0.29) is 29.9 Å². The zero-order valence-electron chi connectivity index (χ0n) is 14.6. The van der Waals surface area contributed by atoms with Crippen LogP contribution in [0.4, 0.5) is 0 Å². The summed E-state index contributed by atoms with van der Waals surface area (Å²) in [5.74, 6) is 1.05. The first kappa shape index (κ1) is 20.0. The van der Waals surface area contributed by atoms with Crippen LogP contribution >= 0.6 is 24.0 Å². The molecule has 1 amide bonds. The molecule has 0 saturated carbocycles. The van der Waals surface area contributed by atoms with Gasteiger partial charge >= 0.3 is 0 Å². The Bertz CT molecular complexity index is 570. The molecule has 2 N–H and O–H groups in total. The maximum atomic E-state index is 11.8. The minimum atomic E-state index is -0.205. The van der Waals surface area contributed by atoms with Crippen LogP contribution in [0.15, 0.2) is 27.8 Å². The second kappa shape index (κ2) is 9.42. The maximum absolute atomic E-state index is 11.8. The van der Waals surface area contributed by atoms with E-state index in [1.54, 1.807) is 12.1 Å². The molecule has 3 heterocycles. The Labute approximate surface area is 165 Å². The van der Waals surface area contributed by atoms with Crippen LogP contribution in [0.2, 0.25) is 0 Å². The van der Waals surface area contributed by atoms with Crippen LogP contribution in [0.1, 0.15) is 30.3 Å². The highest BCUT2D eigenvalue weighted by molar-refractivity contribution is 14.0. The molecule has 0 bridgehead atoms. The van der Waals surface area contributed by atoms with Gasteiger partial charge in [-0.05, 0) is 31.9 Å². The fraction of sp³-hybridized carbons (Fsp3) is 0.647. The van der Waals surface area contributed by atoms with E-state index in [4.69, 9.17) is 9.15 Å². The van der Waals surface area contributed by atoms with Gasteiger partial charge in [0, 0.05) is 38.2 Å². The van der Waals surface area contributed by atoms with Gasteiger partial charge in [-0.1, -0.05) is 0 Å². The molecular formula is C17H27IN4O3. The number of likely N-dealkylation sites (tertiary alicyclic amines) is 1. The fourth-order valence-corrected chi connectivity index (χ4v) is 3.34. The van der Waals surface area contributed by atoms with Crippen molar-refractivity contribution in [3.63, 3.8) is 0 Å². The fourth-order valence-electron chi connectivity index (χ4n) is 3.34. The first-order valence-corrected chi connectivity index (χ1v) is 8.65. The Hall–Kier alpha value is -1.29. The maximum Gasteiger partial charge on any atom is 0.287 e. The average Bonchev–Trinajstić information content (AvgIpc) is 3.34. The van der Waals surface area contributed by atoms with Gasteiger partial charge in [0.05, 0.1) is 19.4 Å². The molecule has 1 spiro atoms. The number of carbonyl (C=O) groups is 1. The molecular weight excluding hydrogens is 435 g/mol. The second-order valence-corrected chi connectivity index (χ2v) is 6.44. The third-order valence-corrected chi connectivity index (χ3v) is 4.66. The van der Waals surface area contributed by atoms with Gasteiger partial charge < -0.3 is 24.7 Å². The van der Waals surface area contributed by atoms with Gasteiger partial charge in [-0.15, -0.1) is 24.0 Å². The van der Waals surface area contributed by atoms with Crippen LogP contribution in [-0.4, -0.2) is 62.7 Å². The van der Waals surface area contributed by atoms with Crippen LogP contribution < -0.4 is 10.6 Å². The van der Waals surface area contributed by atoms with Crippen molar-refractivity contribution in [2.75, 3.05) is 45.9 Å². The predicted octanol–water partition coefficient (Wildman–Crippen LogP) is 1.71. The van der Waals surface area contributed by atoms with Gasteiger partial charge in [-0.2, -0.15) is 0 Å². The summed E-state index contributed by atoms with van der Waals surface area (Å²) in [6.07, 6.45) is 3.79. The lowest BCUT2D eigenvalue weighted by molar-refractivity contribution is 0.0927. The van der Waals surface area contributed by atoms with Gasteiger partial charge in [0.2, 0.25) is 0 Å². The standard InChI is InChI=1S/C17H26N4O3.HI/c1-2-18-16(21-9-5-17(12-21)6-11-23-13-17)20-8-7-19-15(22)14-4-3-10-24-14;/h3-4,10H,2,5-9,11-13H2,1H3,(H,18,20)(H,19,22);1H. The highest BCUT2D eigenvalue weighted by Gasteiger charge is 2.42. The van der Waals surface area contributed by atoms with Gasteiger partial charge in [-0.25, -0.2) is 0 Å². The average molecular weight is 462 g/mol. The third kappa shape index (κ3) is 5.10. The number of ether oxygens (including phenoxy) is 1. The Morgan fingerprint density at radius 3 is 2.96 bits per heavy atom. The number of guanidine groups is 1. The molecule has 2 saturated heterocycles. The zero-order chi connectivity index (χ0) is 16.8. The summed E-state index contributed by atoms with van der Waals surface area (Å²) in [7, 11) is 0. The molecule has 25 heavy (non-hydrogen) atoms. The van der Waals surface area contributed by atoms with Crippen LogP contribution in [0, 0.1) is 5.41 Å². The van der Waals surface area contributed by atoms with Gasteiger partial charge in [0.25, 0.3) is 5.91 Å². The number of nitrogens with one attached hydrogen (secondary N) is 2. The molecule has 0 radical (unpaired) electrons. The highest BCUT2D eigenvalue weighted by atomic mass is 127. The smallest absolute Gasteiger partial charge is 0.287 e. The van der Waals surface area contributed by atoms with Crippen molar-refractivity contribution >= 4 is 35.8 Å². The molecule has 1 atom stereocenters. The van der Waals surface area contributed by atoms with Crippen molar-refractivity contribution in [3.8, 4) is 0 Å². The molecule has 0 aromatic carbocycles. The molecule has 2 aliphatic rings. The molecule has 1 aromatic rings. The van der Waals surface area contributed by atoms with Crippen molar-refractivity contribution in [1.82, 2.24) is 15.5 Å². The Kier molecular flexibility index (Phi) is 7.55. The molecule has 2 fully saturated rings. The minimum absolute atomic E-state index is 0. The number of furan rings is 1. The number of halogens is 1. The predicted molar refractivity (Wildman–Crippen MR) is 106 cm³/mol. The van der Waals surface area contributed by atoms with Gasteiger partial charge in [0.15, 0.2) is 11.7 Å². The van der Waals surface area contributed by atoms with Crippen LogP contribution in [0.25, 0.3) is 0 Å².